The number of aliphatic hydroxyl groups is 4. The number of ether oxygens (including phenoxy) is 4. The lowest BCUT2D eigenvalue weighted by Crippen LogP contribution is -2.15. The Labute approximate surface area is 262 Å². The highest BCUT2D eigenvalue weighted by Crippen LogP contribution is 2.11. The Morgan fingerprint density at radius 2 is 1.32 bits per heavy atom. The molecule has 10 nitrogen and oxygen atoms in total. The first-order valence-corrected chi connectivity index (χ1v) is 15.0. The summed E-state index contributed by atoms with van der Waals surface area (Å²) in [7, 11) is 0. The first kappa shape index (κ1) is 40.6. The molecule has 0 saturated heterocycles. The normalized spacial score (nSPS) is 14.0. The first-order valence-electron chi connectivity index (χ1n) is 15.0. The highest BCUT2D eigenvalue weighted by atomic mass is 16.6. The highest BCUT2D eigenvalue weighted by Gasteiger charge is 2.11. The van der Waals surface area contributed by atoms with E-state index in [1.54, 1.807) is 0 Å². The van der Waals surface area contributed by atoms with Crippen molar-refractivity contribution < 1.29 is 49.0 Å². The second-order valence-electron chi connectivity index (χ2n) is 9.66. The zero-order valence-electron chi connectivity index (χ0n) is 26.7. The van der Waals surface area contributed by atoms with E-state index < -0.39 is 12.2 Å². The minimum absolute atomic E-state index is 0.0253. The van der Waals surface area contributed by atoms with Crippen molar-refractivity contribution in [2.24, 2.45) is 0 Å². The number of carbonyl (C=O) groups is 2. The fourth-order valence-electron chi connectivity index (χ4n) is 3.34. The Kier molecular flexibility index (Phi) is 25.0. The number of aliphatic hydroxyl groups excluding tert-OH is 4. The van der Waals surface area contributed by atoms with E-state index in [4.69, 9.17) is 24.4 Å². The number of carbonyl (C=O) groups excluding carboxylic acids is 2. The Morgan fingerprint density at radius 1 is 0.773 bits per heavy atom. The molecule has 2 unspecified atom stereocenters. The molecule has 44 heavy (non-hydrogen) atoms. The summed E-state index contributed by atoms with van der Waals surface area (Å²) in [6.45, 7) is 8.23. The van der Waals surface area contributed by atoms with E-state index in [0.29, 0.717) is 26.1 Å². The minimum atomic E-state index is -0.582. The predicted molar refractivity (Wildman–Crippen MR) is 170 cm³/mol. The van der Waals surface area contributed by atoms with Crippen molar-refractivity contribution in [2.75, 3.05) is 39.6 Å². The first-order chi connectivity index (χ1) is 21.2. The summed E-state index contributed by atoms with van der Waals surface area (Å²) in [5.41, 5.74) is 1.71. The molecule has 0 aromatic heterocycles. The molecule has 10 heteroatoms. The number of benzene rings is 1. The van der Waals surface area contributed by atoms with Crippen molar-refractivity contribution in [1.82, 2.24) is 0 Å². The van der Waals surface area contributed by atoms with Gasteiger partial charge in [-0.3, -0.25) is 9.59 Å². The van der Waals surface area contributed by atoms with Crippen LogP contribution < -0.4 is 4.74 Å². The van der Waals surface area contributed by atoms with E-state index in [1.165, 1.54) is 0 Å². The Morgan fingerprint density at radius 3 is 1.80 bits per heavy atom. The van der Waals surface area contributed by atoms with E-state index in [9.17, 15) is 19.8 Å². The summed E-state index contributed by atoms with van der Waals surface area (Å²) in [4.78, 5) is 22.4. The smallest absolute Gasteiger partial charge is 0.306 e. The lowest BCUT2D eigenvalue weighted by atomic mass is 10.1. The average Bonchev–Trinajstić information content (AvgIpc) is 3.06. The summed E-state index contributed by atoms with van der Waals surface area (Å²) in [6.07, 6.45) is 11.8. The molecule has 0 spiro atoms. The molecule has 2 atom stereocenters. The van der Waals surface area contributed by atoms with Gasteiger partial charge in [-0.15, -0.1) is 0 Å². The Bertz CT molecular complexity index is 1010. The van der Waals surface area contributed by atoms with Crippen LogP contribution >= 0.6 is 0 Å². The number of hydrogen-bond donors (Lipinski definition) is 4. The van der Waals surface area contributed by atoms with E-state index in [0.717, 1.165) is 35.5 Å². The molecule has 0 saturated carbocycles. The van der Waals surface area contributed by atoms with Crippen molar-refractivity contribution in [3.8, 4) is 5.75 Å². The minimum Gasteiger partial charge on any atom is -0.492 e. The Hall–Kier alpha value is -3.44. The van der Waals surface area contributed by atoms with Crippen LogP contribution in [0.15, 0.2) is 77.6 Å². The molecular weight excluding hydrogens is 568 g/mol. The molecule has 1 aliphatic rings. The second-order valence-corrected chi connectivity index (χ2v) is 9.66. The summed E-state index contributed by atoms with van der Waals surface area (Å²) in [6, 6.07) is 9.36. The average molecular weight is 621 g/mol. The molecule has 0 heterocycles. The molecule has 1 aliphatic carbocycles. The summed E-state index contributed by atoms with van der Waals surface area (Å²) in [5, 5.41) is 36.0. The van der Waals surface area contributed by atoms with Crippen LogP contribution in [0, 0.1) is 0 Å². The third kappa shape index (κ3) is 22.1. The van der Waals surface area contributed by atoms with Gasteiger partial charge in [0, 0.05) is 12.8 Å². The number of allylic oxidation sites excluding steroid dienone is 5. The number of rotatable bonds is 17. The summed E-state index contributed by atoms with van der Waals surface area (Å²) >= 11 is 0. The number of para-hydroxylation sites is 1. The fraction of sp³-hybridized carbons (Fsp3) is 0.529. The van der Waals surface area contributed by atoms with Crippen molar-refractivity contribution in [3.63, 3.8) is 0 Å². The highest BCUT2D eigenvalue weighted by molar-refractivity contribution is 5.69. The predicted octanol–water partition coefficient (Wildman–Crippen LogP) is 4.57. The molecule has 0 bridgehead atoms. The van der Waals surface area contributed by atoms with Crippen LogP contribution in [0.25, 0.3) is 0 Å². The quantitative estimate of drug-likeness (QED) is 0.111. The zero-order chi connectivity index (χ0) is 33.0. The van der Waals surface area contributed by atoms with Crippen molar-refractivity contribution in [1.29, 1.82) is 0 Å². The van der Waals surface area contributed by atoms with Gasteiger partial charge in [0.15, 0.2) is 0 Å². The number of hydrogen-bond acceptors (Lipinski definition) is 10. The van der Waals surface area contributed by atoms with Crippen LogP contribution in [0.2, 0.25) is 0 Å². The largest absolute Gasteiger partial charge is 0.492 e. The van der Waals surface area contributed by atoms with Gasteiger partial charge >= 0.3 is 11.9 Å². The molecule has 0 radical (unpaired) electrons. The zero-order valence-corrected chi connectivity index (χ0v) is 26.7. The SMILES string of the molecule is CC=C(C)C(O)CCC(=O)OCCO.CC=C(C)C(O)CCC(=O)OCCOc1ccccc1.OCCOC1=CCCC=C1. The van der Waals surface area contributed by atoms with E-state index in [-0.39, 0.29) is 51.2 Å². The van der Waals surface area contributed by atoms with Gasteiger partial charge in [0.1, 0.15) is 37.9 Å². The van der Waals surface area contributed by atoms with Gasteiger partial charge in [0.05, 0.1) is 25.4 Å². The summed E-state index contributed by atoms with van der Waals surface area (Å²) in [5.74, 6) is 0.939. The monoisotopic (exact) mass is 620 g/mol. The van der Waals surface area contributed by atoms with Gasteiger partial charge in [-0.05, 0) is 88.8 Å². The maximum absolute atomic E-state index is 11.5. The maximum Gasteiger partial charge on any atom is 0.306 e. The van der Waals surface area contributed by atoms with Crippen LogP contribution in [0.3, 0.4) is 0 Å². The maximum atomic E-state index is 11.5. The Balaban J connectivity index is 0.000000671. The van der Waals surface area contributed by atoms with E-state index >= 15 is 0 Å². The van der Waals surface area contributed by atoms with Crippen molar-refractivity contribution in [2.45, 2.75) is 78.4 Å². The summed E-state index contributed by atoms with van der Waals surface area (Å²) < 4.78 is 20.2. The molecule has 0 fully saturated rings. The lowest BCUT2D eigenvalue weighted by Gasteiger charge is -2.11. The fourth-order valence-corrected chi connectivity index (χ4v) is 3.34. The molecule has 0 aliphatic heterocycles. The van der Waals surface area contributed by atoms with Crippen LogP contribution in [-0.2, 0) is 23.8 Å². The van der Waals surface area contributed by atoms with E-state index in [1.807, 2.05) is 82.3 Å². The molecule has 0 amide bonds. The standard InChI is InChI=1S/C16H22O4.C10H18O4.C8H12O2/c1-3-13(2)15(17)9-10-16(18)20-12-11-19-14-7-5-4-6-8-14;1-3-8(2)9(12)4-5-10(13)14-7-6-11;9-6-7-10-8-4-2-1-3-5-8/h3-8,15,17H,9-12H2,1-2H3;3,9,11-12H,4-7H2,1-2H3;2,4-5,9H,1,3,6-7H2. The molecule has 248 valence electrons. The van der Waals surface area contributed by atoms with Crippen LogP contribution in [-0.4, -0.2) is 84.2 Å². The van der Waals surface area contributed by atoms with Crippen LogP contribution in [0.4, 0.5) is 0 Å². The molecule has 4 N–H and O–H groups in total. The van der Waals surface area contributed by atoms with Gasteiger partial charge in [-0.25, -0.2) is 0 Å². The van der Waals surface area contributed by atoms with E-state index in [2.05, 4.69) is 10.8 Å². The molecular formula is C34H52O10. The second kappa shape index (κ2) is 27.1. The van der Waals surface area contributed by atoms with Crippen LogP contribution in [0.1, 0.15) is 66.2 Å². The van der Waals surface area contributed by atoms with Gasteiger partial charge in [-0.2, -0.15) is 0 Å². The van der Waals surface area contributed by atoms with Crippen molar-refractivity contribution in [3.05, 3.63) is 77.6 Å². The van der Waals surface area contributed by atoms with Gasteiger partial charge in [0.2, 0.25) is 0 Å². The number of esters is 2. The lowest BCUT2D eigenvalue weighted by molar-refractivity contribution is -0.145. The van der Waals surface area contributed by atoms with Crippen molar-refractivity contribution >= 4 is 11.9 Å². The van der Waals surface area contributed by atoms with Gasteiger partial charge < -0.3 is 39.4 Å². The third-order valence-electron chi connectivity index (χ3n) is 6.24. The topological polar surface area (TPSA) is 152 Å². The van der Waals surface area contributed by atoms with Gasteiger partial charge in [-0.1, -0.05) is 36.4 Å². The molecule has 2 rings (SSSR count). The molecule has 1 aromatic rings. The molecule has 1 aromatic carbocycles. The third-order valence-corrected chi connectivity index (χ3v) is 6.24. The van der Waals surface area contributed by atoms with Crippen LogP contribution in [0.5, 0.6) is 5.75 Å². The van der Waals surface area contributed by atoms with Gasteiger partial charge in [0.25, 0.3) is 0 Å².